The molecule has 0 fully saturated rings. The second-order valence-electron chi connectivity index (χ2n) is 11.6. The van der Waals surface area contributed by atoms with Crippen LogP contribution < -0.4 is 31.8 Å². The van der Waals surface area contributed by atoms with E-state index in [0.717, 1.165) is 5.56 Å². The van der Waals surface area contributed by atoms with Crippen molar-refractivity contribution in [2.75, 3.05) is 0 Å². The number of hydrogen-bond donors (Lipinski definition) is 2. The topological polar surface area (TPSA) is 101 Å². The maximum absolute atomic E-state index is 10.1. The molecular weight excluding hydrogens is 810 g/mol. The van der Waals surface area contributed by atoms with E-state index in [0.29, 0.717) is 0 Å². The number of nitrogens with zero attached hydrogens (tertiary/aromatic N) is 1. The summed E-state index contributed by atoms with van der Waals surface area (Å²) in [5, 5.41) is 34.0. The fourth-order valence-corrected chi connectivity index (χ4v) is 10.5. The third kappa shape index (κ3) is 16.5. The average molecular weight is 855 g/mol. The normalized spacial score (nSPS) is 9.73. The predicted molar refractivity (Wildman–Crippen MR) is 230 cm³/mol. The molecule has 7 aromatic carbocycles. The van der Waals surface area contributed by atoms with Gasteiger partial charge in [-0.05, 0) is 79.7 Å². The van der Waals surface area contributed by atoms with Crippen LogP contribution in [0, 0.1) is 23.1 Å². The molecule has 0 atom stereocenters. The summed E-state index contributed by atoms with van der Waals surface area (Å²) in [5.74, 6) is 0. The van der Waals surface area contributed by atoms with Gasteiger partial charge in [0.15, 0.2) is 5.69 Å². The van der Waals surface area contributed by atoms with Gasteiger partial charge in [-0.1, -0.05) is 128 Å². The number of aryl methyl sites for hydroxylation is 1. The van der Waals surface area contributed by atoms with Gasteiger partial charge >= 0.3 is 19.5 Å². The minimum absolute atomic E-state index is 0. The molecular formula is C46H45NO5P2Ru+2. The van der Waals surface area contributed by atoms with E-state index in [1.807, 2.05) is 0 Å². The Morgan fingerprint density at radius 3 is 0.909 bits per heavy atom. The quantitative estimate of drug-likeness (QED) is 0.0339. The first-order chi connectivity index (χ1) is 26.3. The molecule has 280 valence electrons. The largest absolute Gasteiger partial charge is 2.00 e. The number of rotatable bonds is 7. The van der Waals surface area contributed by atoms with Gasteiger partial charge in [-0.2, -0.15) is 17.7 Å². The molecule has 0 bridgehead atoms. The van der Waals surface area contributed by atoms with Crippen LogP contribution in [0.3, 0.4) is 0 Å². The SMILES string of the molecule is CC(O)O.Cc1[c-]ccc([N+](=O)[O-])c1.[CH-]=O.[Ru+2].c1ccc([PH+](c2ccccc2)c2ccccc2)cc1.c1ccc([PH+](c2ccccc2)c2ccccc2)cc1. The molecule has 0 aliphatic carbocycles. The van der Waals surface area contributed by atoms with Crippen LogP contribution >= 0.6 is 15.8 Å². The molecule has 0 radical (unpaired) electrons. The molecule has 0 aromatic heterocycles. The molecule has 0 spiro atoms. The first kappa shape index (κ1) is 46.2. The Morgan fingerprint density at radius 1 is 0.527 bits per heavy atom. The van der Waals surface area contributed by atoms with E-state index < -0.39 is 27.1 Å². The smallest absolute Gasteiger partial charge is 0.545 e. The number of hydrogen-bond acceptors (Lipinski definition) is 5. The molecule has 2 N–H and O–H groups in total. The molecule has 55 heavy (non-hydrogen) atoms. The molecule has 0 heterocycles. The Labute approximate surface area is 340 Å². The third-order valence-corrected chi connectivity index (χ3v) is 13.0. The van der Waals surface area contributed by atoms with Crippen molar-refractivity contribution >= 4 is 60.1 Å². The fraction of sp³-hybridized carbons (Fsp3) is 0.0652. The summed E-state index contributed by atoms with van der Waals surface area (Å²) in [7, 11) is -1.75. The number of aliphatic hydroxyl groups excluding tert-OH is 1. The molecule has 6 nitrogen and oxygen atoms in total. The van der Waals surface area contributed by atoms with Gasteiger partial charge in [-0.25, -0.2) is 0 Å². The van der Waals surface area contributed by atoms with Crippen LogP contribution in [0.4, 0.5) is 5.69 Å². The molecule has 9 heteroatoms. The zero-order chi connectivity index (χ0) is 39.0. The summed E-state index contributed by atoms with van der Waals surface area (Å²) in [6, 6.07) is 72.3. The monoisotopic (exact) mass is 855 g/mol. The number of carbonyl (C=O) groups excluding carboxylic acids is 1. The van der Waals surface area contributed by atoms with Gasteiger partial charge in [-0.15, -0.1) is 0 Å². The summed E-state index contributed by atoms with van der Waals surface area (Å²) < 4.78 is 0. The van der Waals surface area contributed by atoms with Crippen LogP contribution in [0.2, 0.25) is 0 Å². The number of aliphatic hydroxyl groups is 2. The summed E-state index contributed by atoms with van der Waals surface area (Å²) in [6.45, 7) is 6.30. The van der Waals surface area contributed by atoms with Crippen LogP contribution in [0.25, 0.3) is 0 Å². The van der Waals surface area contributed by atoms with Crippen LogP contribution in [0.15, 0.2) is 200 Å². The molecule has 0 saturated heterocycles. The summed E-state index contributed by atoms with van der Waals surface area (Å²) >= 11 is 0. The standard InChI is InChI=1S/2C18H15P.C7H6NO2.C2H6O2.CHO.Ru/c2*1-4-10-16(11-5-1)19(17-12-6-2-7-13-17)18-14-8-3-9-15-18;1-6-3-2-4-7(5-6)8(9)10;1-2(3)4;1-2;/h2*1-15H;2,4-5H,1H3;2-4H,1H3;1H;/q;;-1;;-1;+2/p+2. The molecule has 0 unspecified atom stereocenters. The molecule has 7 aromatic rings. The van der Waals surface area contributed by atoms with Crippen molar-refractivity contribution in [3.63, 3.8) is 0 Å². The van der Waals surface area contributed by atoms with E-state index in [9.17, 15) is 10.1 Å². The first-order valence-corrected chi connectivity index (χ1v) is 20.1. The van der Waals surface area contributed by atoms with E-state index in [1.54, 1.807) is 13.0 Å². The summed E-state index contributed by atoms with van der Waals surface area (Å²) in [4.78, 5) is 17.5. The molecule has 0 aliphatic rings. The van der Waals surface area contributed by atoms with Gasteiger partial charge in [0, 0.05) is 4.92 Å². The third-order valence-electron chi connectivity index (χ3n) is 7.52. The van der Waals surface area contributed by atoms with Crippen molar-refractivity contribution < 1.29 is 39.4 Å². The Morgan fingerprint density at radius 2 is 0.745 bits per heavy atom. The van der Waals surface area contributed by atoms with Gasteiger partial charge < -0.3 is 15.0 Å². The maximum Gasteiger partial charge on any atom is 2.00 e. The van der Waals surface area contributed by atoms with E-state index in [1.165, 1.54) is 50.9 Å². The number of nitro benzene ring substituents is 1. The van der Waals surface area contributed by atoms with E-state index in [4.69, 9.17) is 15.0 Å². The van der Waals surface area contributed by atoms with E-state index >= 15 is 0 Å². The Bertz CT molecular complexity index is 1720. The van der Waals surface area contributed by atoms with Crippen LogP contribution in [-0.4, -0.2) is 28.2 Å². The van der Waals surface area contributed by atoms with Gasteiger partial charge in [0.1, 0.15) is 38.1 Å². The Hall–Kier alpha value is -4.99. The van der Waals surface area contributed by atoms with Crippen LogP contribution in [0.5, 0.6) is 0 Å². The van der Waals surface area contributed by atoms with Gasteiger partial charge in [0.2, 0.25) is 0 Å². The summed E-state index contributed by atoms with van der Waals surface area (Å²) in [6.07, 6.45) is -1.17. The van der Waals surface area contributed by atoms with Gasteiger partial charge in [0.25, 0.3) is 0 Å². The van der Waals surface area contributed by atoms with E-state index in [-0.39, 0.29) is 25.2 Å². The van der Waals surface area contributed by atoms with E-state index in [2.05, 4.69) is 195 Å². The molecule has 0 amide bonds. The zero-order valence-corrected chi connectivity index (χ0v) is 34.4. The molecule has 7 rings (SSSR count). The van der Waals surface area contributed by atoms with Crippen LogP contribution in [0.1, 0.15) is 12.5 Å². The summed E-state index contributed by atoms with van der Waals surface area (Å²) in [5.41, 5.74) is 0.908. The molecule has 0 saturated carbocycles. The number of benzene rings is 7. The second-order valence-corrected chi connectivity index (χ2v) is 16.5. The van der Waals surface area contributed by atoms with Crippen molar-refractivity contribution in [2.24, 2.45) is 0 Å². The zero-order valence-electron chi connectivity index (χ0n) is 30.6. The predicted octanol–water partition coefficient (Wildman–Crippen LogP) is 7.10. The number of non-ortho nitro benzene ring substituents is 1. The second kappa shape index (κ2) is 26.7. The Kier molecular flexibility index (Phi) is 22.4. The van der Waals surface area contributed by atoms with Crippen molar-refractivity contribution in [1.82, 2.24) is 0 Å². The first-order valence-electron chi connectivity index (χ1n) is 17.1. The van der Waals surface area contributed by atoms with Crippen molar-refractivity contribution in [3.8, 4) is 0 Å². The van der Waals surface area contributed by atoms with Crippen molar-refractivity contribution in [3.05, 3.63) is 222 Å². The Balaban J connectivity index is 0.000000274. The minimum atomic E-state index is -1.17. The maximum atomic E-state index is 10.1. The fourth-order valence-electron chi connectivity index (χ4n) is 5.31. The van der Waals surface area contributed by atoms with Crippen LogP contribution in [-0.2, 0) is 24.3 Å². The average Bonchev–Trinajstić information content (AvgIpc) is 3.22. The van der Waals surface area contributed by atoms with Gasteiger partial charge in [-0.3, -0.25) is 16.9 Å². The van der Waals surface area contributed by atoms with Crippen molar-refractivity contribution in [1.29, 1.82) is 0 Å². The van der Waals surface area contributed by atoms with Gasteiger partial charge in [0.05, 0.1) is 15.8 Å². The number of nitro groups is 1. The minimum Gasteiger partial charge on any atom is -0.545 e. The molecule has 0 aliphatic heterocycles. The van der Waals surface area contributed by atoms with Crippen molar-refractivity contribution in [2.45, 2.75) is 20.1 Å².